The molecule has 2 N–H and O–H groups in total. The molecule has 6 nitrogen and oxygen atoms in total. The van der Waals surface area contributed by atoms with Crippen molar-refractivity contribution >= 4 is 29.3 Å². The van der Waals surface area contributed by atoms with Crippen molar-refractivity contribution in [2.45, 2.75) is 31.3 Å². The minimum Gasteiger partial charge on any atom is -0.348 e. The number of nitrogens with one attached hydrogen (secondary N) is 2. The fraction of sp³-hybridized carbons (Fsp3) is 0.217. The summed E-state index contributed by atoms with van der Waals surface area (Å²) >= 11 is 1.24. The smallest absolute Gasteiger partial charge is 0.254 e. The van der Waals surface area contributed by atoms with E-state index in [2.05, 4.69) is 34.4 Å². The largest absolute Gasteiger partial charge is 0.348 e. The quantitative estimate of drug-likeness (QED) is 0.532. The van der Waals surface area contributed by atoms with Gasteiger partial charge in [-0.1, -0.05) is 43.8 Å². The molecule has 0 atom stereocenters. The number of carbonyl (C=O) groups excluding carboxylic acids is 2. The zero-order valence-corrected chi connectivity index (χ0v) is 17.8. The Balaban J connectivity index is 1.56. The fourth-order valence-corrected chi connectivity index (χ4v) is 3.53. The van der Waals surface area contributed by atoms with Crippen molar-refractivity contribution in [3.8, 4) is 0 Å². The average Bonchev–Trinajstić information content (AvgIpc) is 2.77. The maximum absolute atomic E-state index is 12.6. The average molecular weight is 421 g/mol. The molecule has 0 aliphatic heterocycles. The standard InChI is InChI=1S/C23H24N4O2S/c1-16(2)18-7-9-19(10-8-18)27-21(28)15-30-23-20(6-4-12-25-23)22(29)26-14-17-5-3-11-24-13-17/h3-13,16H,14-15H2,1-2H3,(H,26,29)(H,27,28). The summed E-state index contributed by atoms with van der Waals surface area (Å²) in [6, 6.07) is 14.9. The Morgan fingerprint density at radius 1 is 1.03 bits per heavy atom. The van der Waals surface area contributed by atoms with Crippen molar-refractivity contribution in [2.24, 2.45) is 0 Å². The third kappa shape index (κ3) is 6.15. The molecule has 0 radical (unpaired) electrons. The number of hydrogen-bond acceptors (Lipinski definition) is 5. The van der Waals surface area contributed by atoms with E-state index in [0.717, 1.165) is 11.3 Å². The lowest BCUT2D eigenvalue weighted by Gasteiger charge is -2.10. The lowest BCUT2D eigenvalue weighted by molar-refractivity contribution is -0.113. The lowest BCUT2D eigenvalue weighted by Crippen LogP contribution is -2.24. The molecule has 0 aliphatic carbocycles. The van der Waals surface area contributed by atoms with E-state index in [-0.39, 0.29) is 17.6 Å². The van der Waals surface area contributed by atoms with Crippen LogP contribution < -0.4 is 10.6 Å². The van der Waals surface area contributed by atoms with Crippen LogP contribution in [0.5, 0.6) is 0 Å². The van der Waals surface area contributed by atoms with Gasteiger partial charge in [-0.05, 0) is 47.4 Å². The molecule has 0 bridgehead atoms. The van der Waals surface area contributed by atoms with E-state index < -0.39 is 0 Å². The summed E-state index contributed by atoms with van der Waals surface area (Å²) in [5.41, 5.74) is 3.32. The van der Waals surface area contributed by atoms with Gasteiger partial charge in [-0.25, -0.2) is 4.98 Å². The monoisotopic (exact) mass is 420 g/mol. The van der Waals surface area contributed by atoms with E-state index in [1.165, 1.54) is 17.3 Å². The van der Waals surface area contributed by atoms with Crippen LogP contribution >= 0.6 is 11.8 Å². The molecular weight excluding hydrogens is 396 g/mol. The number of carbonyl (C=O) groups is 2. The van der Waals surface area contributed by atoms with E-state index >= 15 is 0 Å². The van der Waals surface area contributed by atoms with E-state index in [4.69, 9.17) is 0 Å². The number of amides is 2. The number of aromatic nitrogens is 2. The van der Waals surface area contributed by atoms with Crippen LogP contribution in [-0.2, 0) is 11.3 Å². The molecule has 2 amide bonds. The molecule has 7 heteroatoms. The van der Waals surface area contributed by atoms with Gasteiger partial charge in [0.25, 0.3) is 5.91 Å². The van der Waals surface area contributed by atoms with Gasteiger partial charge in [0.1, 0.15) is 5.03 Å². The summed E-state index contributed by atoms with van der Waals surface area (Å²) in [4.78, 5) is 33.2. The predicted molar refractivity (Wildman–Crippen MR) is 120 cm³/mol. The molecule has 3 rings (SSSR count). The van der Waals surface area contributed by atoms with Gasteiger partial charge in [0.05, 0.1) is 11.3 Å². The third-order valence-electron chi connectivity index (χ3n) is 4.39. The first-order valence-electron chi connectivity index (χ1n) is 9.67. The molecule has 0 fully saturated rings. The van der Waals surface area contributed by atoms with Gasteiger partial charge >= 0.3 is 0 Å². The van der Waals surface area contributed by atoms with Crippen molar-refractivity contribution in [1.82, 2.24) is 15.3 Å². The molecule has 3 aromatic rings. The Morgan fingerprint density at radius 3 is 2.50 bits per heavy atom. The zero-order chi connectivity index (χ0) is 21.3. The topological polar surface area (TPSA) is 84.0 Å². The lowest BCUT2D eigenvalue weighted by atomic mass is 10.0. The van der Waals surface area contributed by atoms with Crippen LogP contribution in [-0.4, -0.2) is 27.5 Å². The summed E-state index contributed by atoms with van der Waals surface area (Å²) in [5, 5.41) is 6.26. The third-order valence-corrected chi connectivity index (χ3v) is 5.40. The summed E-state index contributed by atoms with van der Waals surface area (Å²) in [6.07, 6.45) is 5.00. The summed E-state index contributed by atoms with van der Waals surface area (Å²) < 4.78 is 0. The van der Waals surface area contributed by atoms with Crippen LogP contribution in [0.2, 0.25) is 0 Å². The maximum atomic E-state index is 12.6. The molecule has 0 aliphatic rings. The first kappa shape index (κ1) is 21.5. The molecule has 0 saturated carbocycles. The number of nitrogens with zero attached hydrogens (tertiary/aromatic N) is 2. The van der Waals surface area contributed by atoms with E-state index in [1.54, 1.807) is 30.7 Å². The molecule has 1 aromatic carbocycles. The van der Waals surface area contributed by atoms with Crippen molar-refractivity contribution in [3.63, 3.8) is 0 Å². The van der Waals surface area contributed by atoms with Gasteiger partial charge in [0.2, 0.25) is 5.91 Å². The number of rotatable bonds is 8. The SMILES string of the molecule is CC(C)c1ccc(NC(=O)CSc2ncccc2C(=O)NCc2cccnc2)cc1. The minimum atomic E-state index is -0.237. The fourth-order valence-electron chi connectivity index (χ4n) is 2.74. The Hall–Kier alpha value is -3.19. The predicted octanol–water partition coefficient (Wildman–Crippen LogP) is 4.26. The van der Waals surface area contributed by atoms with E-state index in [0.29, 0.717) is 23.1 Å². The molecule has 2 aromatic heterocycles. The molecule has 30 heavy (non-hydrogen) atoms. The van der Waals surface area contributed by atoms with Crippen LogP contribution in [0.15, 0.2) is 72.1 Å². The van der Waals surface area contributed by atoms with E-state index in [9.17, 15) is 9.59 Å². The van der Waals surface area contributed by atoms with Crippen LogP contribution in [0, 0.1) is 0 Å². The van der Waals surface area contributed by atoms with Crippen molar-refractivity contribution in [1.29, 1.82) is 0 Å². The van der Waals surface area contributed by atoms with Gasteiger partial charge in [-0.3, -0.25) is 14.6 Å². The highest BCUT2D eigenvalue weighted by Crippen LogP contribution is 2.21. The summed E-state index contributed by atoms with van der Waals surface area (Å²) in [5.74, 6) is 0.215. The first-order valence-corrected chi connectivity index (χ1v) is 10.7. The summed E-state index contributed by atoms with van der Waals surface area (Å²) in [7, 11) is 0. The van der Waals surface area contributed by atoms with E-state index in [1.807, 2.05) is 36.4 Å². The van der Waals surface area contributed by atoms with Gasteiger partial charge < -0.3 is 10.6 Å². The van der Waals surface area contributed by atoms with Gasteiger partial charge in [0, 0.05) is 30.8 Å². The number of hydrogen-bond donors (Lipinski definition) is 2. The highest BCUT2D eigenvalue weighted by molar-refractivity contribution is 8.00. The highest BCUT2D eigenvalue weighted by atomic mass is 32.2. The second kappa shape index (κ2) is 10.5. The van der Waals surface area contributed by atoms with Gasteiger partial charge in [0.15, 0.2) is 0 Å². The molecule has 0 spiro atoms. The normalized spacial score (nSPS) is 10.6. The number of anilines is 1. The Bertz CT molecular complexity index is 992. The van der Waals surface area contributed by atoms with Crippen LogP contribution in [0.1, 0.15) is 41.3 Å². The Labute approximate surface area is 180 Å². The second-order valence-electron chi connectivity index (χ2n) is 7.01. The summed E-state index contributed by atoms with van der Waals surface area (Å²) in [6.45, 7) is 4.63. The number of benzene rings is 1. The van der Waals surface area contributed by atoms with Crippen LogP contribution in [0.4, 0.5) is 5.69 Å². The molecule has 154 valence electrons. The van der Waals surface area contributed by atoms with Gasteiger partial charge in [-0.15, -0.1) is 0 Å². The first-order chi connectivity index (χ1) is 14.5. The van der Waals surface area contributed by atoms with Crippen LogP contribution in [0.3, 0.4) is 0 Å². The van der Waals surface area contributed by atoms with Gasteiger partial charge in [-0.2, -0.15) is 0 Å². The molecule has 2 heterocycles. The number of thioether (sulfide) groups is 1. The van der Waals surface area contributed by atoms with Crippen molar-refractivity contribution in [2.75, 3.05) is 11.1 Å². The van der Waals surface area contributed by atoms with Crippen molar-refractivity contribution < 1.29 is 9.59 Å². The zero-order valence-electron chi connectivity index (χ0n) is 17.0. The maximum Gasteiger partial charge on any atom is 0.254 e. The Kier molecular flexibility index (Phi) is 7.57. The molecular formula is C23H24N4O2S. The van der Waals surface area contributed by atoms with Crippen LogP contribution in [0.25, 0.3) is 0 Å². The minimum absolute atomic E-state index is 0.148. The number of pyridine rings is 2. The molecule has 0 saturated heterocycles. The molecule has 0 unspecified atom stereocenters. The highest BCUT2D eigenvalue weighted by Gasteiger charge is 2.14. The Morgan fingerprint density at radius 2 is 1.80 bits per heavy atom. The second-order valence-corrected chi connectivity index (χ2v) is 7.98. The van der Waals surface area contributed by atoms with Crippen molar-refractivity contribution in [3.05, 3.63) is 83.8 Å².